The molecule has 1 atom stereocenters. The minimum Gasteiger partial charge on any atom is -0.342 e. The number of aryl methyl sites for hydroxylation is 1. The van der Waals surface area contributed by atoms with Crippen LogP contribution >= 0.6 is 0 Å². The zero-order valence-electron chi connectivity index (χ0n) is 14.5. The molecule has 0 N–H and O–H groups in total. The molecule has 1 aromatic heterocycles. The van der Waals surface area contributed by atoms with Crippen molar-refractivity contribution in [2.45, 2.75) is 38.7 Å². The van der Waals surface area contributed by atoms with Gasteiger partial charge in [0.2, 0.25) is 5.91 Å². The maximum atomic E-state index is 12.7. The molecule has 0 saturated heterocycles. The molecule has 1 heterocycles. The van der Waals surface area contributed by atoms with E-state index in [-0.39, 0.29) is 11.7 Å². The van der Waals surface area contributed by atoms with E-state index in [2.05, 4.69) is 9.97 Å². The van der Waals surface area contributed by atoms with Gasteiger partial charge in [0.1, 0.15) is 5.25 Å². The van der Waals surface area contributed by atoms with Crippen LogP contribution in [0.4, 0.5) is 0 Å². The molecule has 2 rings (SSSR count). The molecule has 1 unspecified atom stereocenters. The number of carbonyl (C=O) groups is 1. The van der Waals surface area contributed by atoms with Crippen LogP contribution in [0, 0.1) is 6.92 Å². The predicted octanol–water partition coefficient (Wildman–Crippen LogP) is 2.11. The summed E-state index contributed by atoms with van der Waals surface area (Å²) in [5.74, 6) is -0.656. The van der Waals surface area contributed by atoms with Crippen molar-refractivity contribution >= 4 is 26.8 Å². The zero-order chi connectivity index (χ0) is 17.9. The fraction of sp³-hybridized carbons (Fsp3) is 0.471. The summed E-state index contributed by atoms with van der Waals surface area (Å²) in [5, 5.41) is -1.09. The van der Waals surface area contributed by atoms with Crippen molar-refractivity contribution in [1.29, 1.82) is 0 Å². The third kappa shape index (κ3) is 3.72. The Morgan fingerprint density at radius 1 is 1.12 bits per heavy atom. The van der Waals surface area contributed by atoms with Gasteiger partial charge in [-0.15, -0.1) is 0 Å². The molecule has 1 amide bonds. The molecule has 0 aliphatic carbocycles. The number of amides is 1. The average molecular weight is 349 g/mol. The van der Waals surface area contributed by atoms with E-state index < -0.39 is 15.1 Å². The van der Waals surface area contributed by atoms with Crippen molar-refractivity contribution in [3.05, 3.63) is 35.7 Å². The largest absolute Gasteiger partial charge is 0.342 e. The second-order valence-corrected chi connectivity index (χ2v) is 8.03. The Morgan fingerprint density at radius 2 is 1.67 bits per heavy atom. The third-order valence-electron chi connectivity index (χ3n) is 4.14. The first kappa shape index (κ1) is 18.3. The van der Waals surface area contributed by atoms with Crippen molar-refractivity contribution in [3.8, 4) is 0 Å². The molecule has 7 heteroatoms. The molecule has 0 aliphatic rings. The number of fused-ring (bicyclic) bond motifs is 1. The second kappa shape index (κ2) is 7.25. The number of rotatable bonds is 6. The quantitative estimate of drug-likeness (QED) is 0.798. The van der Waals surface area contributed by atoms with E-state index >= 15 is 0 Å². The highest BCUT2D eigenvalue weighted by Gasteiger charge is 2.31. The first-order chi connectivity index (χ1) is 11.3. The predicted molar refractivity (Wildman–Crippen MR) is 94.3 cm³/mol. The highest BCUT2D eigenvalue weighted by molar-refractivity contribution is 7.92. The monoisotopic (exact) mass is 349 g/mol. The fourth-order valence-corrected chi connectivity index (χ4v) is 3.88. The van der Waals surface area contributed by atoms with Gasteiger partial charge >= 0.3 is 0 Å². The Balaban J connectivity index is 2.32. The normalized spacial score (nSPS) is 13.0. The summed E-state index contributed by atoms with van der Waals surface area (Å²) >= 11 is 0. The van der Waals surface area contributed by atoms with Crippen molar-refractivity contribution in [1.82, 2.24) is 14.9 Å². The first-order valence-electron chi connectivity index (χ1n) is 8.02. The lowest BCUT2D eigenvalue weighted by Crippen LogP contribution is -2.41. The molecule has 24 heavy (non-hydrogen) atoms. The van der Waals surface area contributed by atoms with Crippen molar-refractivity contribution in [2.75, 3.05) is 13.1 Å². The van der Waals surface area contributed by atoms with Gasteiger partial charge in [-0.3, -0.25) is 4.79 Å². The molecule has 1 aromatic carbocycles. The summed E-state index contributed by atoms with van der Waals surface area (Å²) in [6, 6.07) is 7.32. The van der Waals surface area contributed by atoms with Crippen LogP contribution in [0.5, 0.6) is 0 Å². The lowest BCUT2D eigenvalue weighted by atomic mass is 10.2. The number of carbonyl (C=O) groups excluding carboxylic acids is 1. The molecule has 0 aliphatic heterocycles. The van der Waals surface area contributed by atoms with Gasteiger partial charge in [-0.05, 0) is 39.8 Å². The molecule has 0 bridgehead atoms. The minimum absolute atomic E-state index is 0.287. The van der Waals surface area contributed by atoms with Gasteiger partial charge in [-0.1, -0.05) is 12.1 Å². The summed E-state index contributed by atoms with van der Waals surface area (Å²) in [6.07, 6.45) is 0. The molecular formula is C17H23N3O3S. The Bertz CT molecular complexity index is 845. The summed E-state index contributed by atoms with van der Waals surface area (Å²) in [7, 11) is -3.66. The van der Waals surface area contributed by atoms with Crippen LogP contribution in [-0.2, 0) is 20.4 Å². The van der Waals surface area contributed by atoms with Gasteiger partial charge in [0, 0.05) is 13.1 Å². The van der Waals surface area contributed by atoms with Crippen LogP contribution in [0.15, 0.2) is 24.3 Å². The van der Waals surface area contributed by atoms with E-state index in [0.717, 1.165) is 5.52 Å². The number of sulfone groups is 1. The van der Waals surface area contributed by atoms with Crippen LogP contribution in [0.1, 0.15) is 32.2 Å². The van der Waals surface area contributed by atoms with E-state index in [1.54, 1.807) is 13.0 Å². The summed E-state index contributed by atoms with van der Waals surface area (Å²) < 4.78 is 25.3. The summed E-state index contributed by atoms with van der Waals surface area (Å²) in [4.78, 5) is 22.7. The van der Waals surface area contributed by atoms with Gasteiger partial charge < -0.3 is 4.90 Å². The molecule has 2 aromatic rings. The van der Waals surface area contributed by atoms with E-state index in [1.165, 1.54) is 11.8 Å². The fourth-order valence-electron chi connectivity index (χ4n) is 2.52. The third-order valence-corrected chi connectivity index (χ3v) is 6.10. The molecular weight excluding hydrogens is 326 g/mol. The van der Waals surface area contributed by atoms with E-state index in [4.69, 9.17) is 0 Å². The summed E-state index contributed by atoms with van der Waals surface area (Å²) in [6.45, 7) is 7.83. The summed E-state index contributed by atoms with van der Waals surface area (Å²) in [5.41, 5.74) is 2.34. The highest BCUT2D eigenvalue weighted by atomic mass is 32.2. The smallest absolute Gasteiger partial charge is 0.240 e. The maximum absolute atomic E-state index is 12.7. The van der Waals surface area contributed by atoms with E-state index in [1.807, 2.05) is 32.0 Å². The van der Waals surface area contributed by atoms with Crippen molar-refractivity contribution < 1.29 is 13.2 Å². The molecule has 6 nitrogen and oxygen atoms in total. The Kier molecular flexibility index (Phi) is 5.54. The Hall–Kier alpha value is -2.02. The highest BCUT2D eigenvalue weighted by Crippen LogP contribution is 2.17. The van der Waals surface area contributed by atoms with E-state index in [0.29, 0.717) is 30.0 Å². The van der Waals surface area contributed by atoms with Gasteiger partial charge in [-0.25, -0.2) is 18.4 Å². The lowest BCUT2D eigenvalue weighted by molar-refractivity contribution is -0.130. The molecule has 0 spiro atoms. The SMILES string of the molecule is CCN(CC)C(=O)C(C)S(=O)(=O)Cc1nc2ccccc2nc1C. The number of benzene rings is 1. The van der Waals surface area contributed by atoms with Gasteiger partial charge in [-0.2, -0.15) is 0 Å². The average Bonchev–Trinajstić information content (AvgIpc) is 2.55. The number of nitrogens with zero attached hydrogens (tertiary/aromatic N) is 3. The van der Waals surface area contributed by atoms with Gasteiger partial charge in [0.05, 0.1) is 28.2 Å². The number of aromatic nitrogens is 2. The molecule has 0 fully saturated rings. The van der Waals surface area contributed by atoms with Crippen LogP contribution in [0.2, 0.25) is 0 Å². The maximum Gasteiger partial charge on any atom is 0.240 e. The zero-order valence-corrected chi connectivity index (χ0v) is 15.3. The Labute approximate surface area is 142 Å². The van der Waals surface area contributed by atoms with Crippen LogP contribution in [0.3, 0.4) is 0 Å². The van der Waals surface area contributed by atoms with Gasteiger partial charge in [0.25, 0.3) is 0 Å². The molecule has 0 saturated carbocycles. The van der Waals surface area contributed by atoms with Crippen molar-refractivity contribution in [2.24, 2.45) is 0 Å². The second-order valence-electron chi connectivity index (χ2n) is 5.70. The van der Waals surface area contributed by atoms with Crippen LogP contribution in [0.25, 0.3) is 11.0 Å². The van der Waals surface area contributed by atoms with E-state index in [9.17, 15) is 13.2 Å². The topological polar surface area (TPSA) is 80.2 Å². The first-order valence-corrected chi connectivity index (χ1v) is 9.74. The molecule has 0 radical (unpaired) electrons. The number of para-hydroxylation sites is 2. The van der Waals surface area contributed by atoms with Gasteiger partial charge in [0.15, 0.2) is 9.84 Å². The van der Waals surface area contributed by atoms with Crippen LogP contribution < -0.4 is 0 Å². The standard InChI is InChI=1S/C17H23N3O3S/c1-5-20(6-2)17(21)13(4)24(22,23)11-16-12(3)18-14-9-7-8-10-15(14)19-16/h7-10,13H,5-6,11H2,1-4H3. The number of hydrogen-bond donors (Lipinski definition) is 0. The minimum atomic E-state index is -3.66. The van der Waals surface area contributed by atoms with Crippen LogP contribution in [-0.4, -0.2) is 47.5 Å². The Morgan fingerprint density at radius 3 is 2.21 bits per heavy atom. The lowest BCUT2D eigenvalue weighted by Gasteiger charge is -2.22. The van der Waals surface area contributed by atoms with Crippen molar-refractivity contribution in [3.63, 3.8) is 0 Å². The molecule has 130 valence electrons. The number of hydrogen-bond acceptors (Lipinski definition) is 5.